The van der Waals surface area contributed by atoms with Gasteiger partial charge in [0.15, 0.2) is 5.82 Å². The van der Waals surface area contributed by atoms with Crippen LogP contribution in [-0.4, -0.2) is 9.97 Å². The number of aromatic nitrogens is 2. The predicted molar refractivity (Wildman–Crippen MR) is 246 cm³/mol. The van der Waals surface area contributed by atoms with Crippen molar-refractivity contribution < 1.29 is 0 Å². The third kappa shape index (κ3) is 4.86. The van der Waals surface area contributed by atoms with Crippen molar-refractivity contribution in [3.05, 3.63) is 228 Å². The Kier molecular flexibility index (Phi) is 7.39. The van der Waals surface area contributed by atoms with E-state index in [1.54, 1.807) is 0 Å². The number of fused-ring (bicyclic) bond motifs is 9. The first-order valence-electron chi connectivity index (χ1n) is 20.4. The molecular weight excluding hydrogens is 733 g/mol. The first-order valence-corrected chi connectivity index (χ1v) is 21.2. The number of nitrogens with zero attached hydrogens (tertiary/aromatic N) is 2. The molecule has 3 heteroatoms. The van der Waals surface area contributed by atoms with Crippen molar-refractivity contribution in [1.82, 2.24) is 9.97 Å². The topological polar surface area (TPSA) is 25.8 Å². The summed E-state index contributed by atoms with van der Waals surface area (Å²) in [6.45, 7) is 4.68. The molecule has 2 heterocycles. The highest BCUT2D eigenvalue weighted by atomic mass is 32.1. The molecule has 2 aliphatic carbocycles. The highest BCUT2D eigenvalue weighted by Gasteiger charge is 2.46. The van der Waals surface area contributed by atoms with Crippen molar-refractivity contribution in [2.75, 3.05) is 0 Å². The van der Waals surface area contributed by atoms with Gasteiger partial charge in [-0.3, -0.25) is 0 Å². The molecule has 0 saturated heterocycles. The zero-order valence-corrected chi connectivity index (χ0v) is 33.6. The van der Waals surface area contributed by atoms with E-state index < -0.39 is 5.41 Å². The van der Waals surface area contributed by atoms with Crippen LogP contribution in [0.15, 0.2) is 194 Å². The number of hydrogen-bond donors (Lipinski definition) is 0. The van der Waals surface area contributed by atoms with Gasteiger partial charge in [-0.05, 0) is 73.8 Å². The molecule has 59 heavy (non-hydrogen) atoms. The summed E-state index contributed by atoms with van der Waals surface area (Å²) in [5.41, 5.74) is 17.2. The molecule has 0 spiro atoms. The maximum absolute atomic E-state index is 5.58. The van der Waals surface area contributed by atoms with Crippen LogP contribution in [0.3, 0.4) is 0 Å². The highest BCUT2D eigenvalue weighted by Crippen LogP contribution is 2.57. The first kappa shape index (κ1) is 34.1. The Hall–Kier alpha value is -6.94. The average Bonchev–Trinajstić information content (AvgIpc) is 3.91. The van der Waals surface area contributed by atoms with Crippen LogP contribution in [0.25, 0.3) is 76.3 Å². The summed E-state index contributed by atoms with van der Waals surface area (Å²) < 4.78 is 2.52. The lowest BCUT2D eigenvalue weighted by atomic mass is 9.67. The standard InChI is InChI=1S/C56H38N2S/c1-55(2)45-27-12-10-23-42(45)52-43(25-16-29-47(52)55)49-34-50(44-26-15-24-41-40-22-11-14-30-51(40)59-53(41)44)58-54(57-49)35-31-32-39-38-21-9-13-28-46(38)56(48(39)33-35,36-17-5-3-6-18-36)37-19-7-4-8-20-37/h3-34H,1-2H3. The van der Waals surface area contributed by atoms with E-state index >= 15 is 0 Å². The molecule has 0 radical (unpaired) electrons. The SMILES string of the molecule is CC1(C)c2ccccc2-c2c(-c3cc(-c4cccc5c4sc4ccccc45)nc(-c4ccc5c(c4)C(c4ccccc4)(c4ccccc4)c4ccccc4-5)n3)cccc21. The summed E-state index contributed by atoms with van der Waals surface area (Å²) in [4.78, 5) is 11.1. The number of rotatable bonds is 5. The van der Waals surface area contributed by atoms with Crippen molar-refractivity contribution in [2.24, 2.45) is 0 Å². The second kappa shape index (κ2) is 12.8. The van der Waals surface area contributed by atoms with Gasteiger partial charge in [0, 0.05) is 42.3 Å². The lowest BCUT2D eigenvalue weighted by molar-refractivity contribution is 0.660. The monoisotopic (exact) mass is 770 g/mol. The van der Waals surface area contributed by atoms with E-state index in [0.717, 1.165) is 28.1 Å². The third-order valence-corrected chi connectivity index (χ3v) is 14.2. The minimum atomic E-state index is -0.525. The lowest BCUT2D eigenvalue weighted by Gasteiger charge is -2.34. The van der Waals surface area contributed by atoms with Gasteiger partial charge in [-0.1, -0.05) is 190 Å². The molecule has 0 aliphatic heterocycles. The van der Waals surface area contributed by atoms with Gasteiger partial charge in [0.05, 0.1) is 16.8 Å². The Balaban J connectivity index is 1.14. The zero-order valence-electron chi connectivity index (χ0n) is 32.8. The van der Waals surface area contributed by atoms with Gasteiger partial charge in [-0.15, -0.1) is 11.3 Å². The van der Waals surface area contributed by atoms with E-state index in [9.17, 15) is 0 Å². The Morgan fingerprint density at radius 2 is 0.966 bits per heavy atom. The van der Waals surface area contributed by atoms with Gasteiger partial charge in [0.2, 0.25) is 0 Å². The molecule has 0 unspecified atom stereocenters. The fourth-order valence-electron chi connectivity index (χ4n) is 10.4. The van der Waals surface area contributed by atoms with Crippen molar-refractivity contribution in [2.45, 2.75) is 24.7 Å². The number of hydrogen-bond acceptors (Lipinski definition) is 3. The Morgan fingerprint density at radius 3 is 1.75 bits per heavy atom. The summed E-state index contributed by atoms with van der Waals surface area (Å²) in [5, 5.41) is 2.53. The van der Waals surface area contributed by atoms with E-state index in [2.05, 4.69) is 208 Å². The Morgan fingerprint density at radius 1 is 0.407 bits per heavy atom. The smallest absolute Gasteiger partial charge is 0.160 e. The van der Waals surface area contributed by atoms with Crippen LogP contribution >= 0.6 is 11.3 Å². The Labute approximate surface area is 348 Å². The van der Waals surface area contributed by atoms with Gasteiger partial charge >= 0.3 is 0 Å². The molecule has 8 aromatic carbocycles. The number of benzene rings is 8. The predicted octanol–water partition coefficient (Wildman–Crippen LogP) is 14.5. The Bertz CT molecular complexity index is 3260. The van der Waals surface area contributed by atoms with Gasteiger partial charge in [0.1, 0.15) is 0 Å². The van der Waals surface area contributed by atoms with Gasteiger partial charge in [0.25, 0.3) is 0 Å². The minimum absolute atomic E-state index is 0.128. The van der Waals surface area contributed by atoms with Crippen LogP contribution in [0, 0.1) is 0 Å². The maximum atomic E-state index is 5.58. The molecule has 10 aromatic rings. The van der Waals surface area contributed by atoms with Crippen molar-refractivity contribution >= 4 is 31.5 Å². The molecule has 0 N–H and O–H groups in total. The molecule has 0 saturated carbocycles. The summed E-state index contributed by atoms with van der Waals surface area (Å²) in [6, 6.07) is 71.1. The summed E-state index contributed by atoms with van der Waals surface area (Å²) in [5.74, 6) is 0.715. The second-order valence-electron chi connectivity index (χ2n) is 16.4. The first-order chi connectivity index (χ1) is 29.0. The van der Waals surface area contributed by atoms with Crippen LogP contribution in [0.2, 0.25) is 0 Å². The quantitative estimate of drug-likeness (QED) is 0.174. The van der Waals surface area contributed by atoms with Crippen molar-refractivity contribution in [3.8, 4) is 56.2 Å². The van der Waals surface area contributed by atoms with Crippen LogP contribution in [-0.2, 0) is 10.8 Å². The van der Waals surface area contributed by atoms with Gasteiger partial charge in [-0.25, -0.2) is 9.97 Å². The molecule has 2 nitrogen and oxygen atoms in total. The van der Waals surface area contributed by atoms with Gasteiger partial charge < -0.3 is 0 Å². The second-order valence-corrected chi connectivity index (χ2v) is 17.5. The van der Waals surface area contributed by atoms with Crippen LogP contribution in [0.1, 0.15) is 47.2 Å². The molecule has 2 aliphatic rings. The molecule has 12 rings (SSSR count). The van der Waals surface area contributed by atoms with Crippen LogP contribution in [0.4, 0.5) is 0 Å². The van der Waals surface area contributed by atoms with Crippen LogP contribution in [0.5, 0.6) is 0 Å². The number of thiophene rings is 1. The minimum Gasteiger partial charge on any atom is -0.228 e. The molecular formula is C56H38N2S. The summed E-state index contributed by atoms with van der Waals surface area (Å²) in [6.07, 6.45) is 0. The molecule has 2 aromatic heterocycles. The average molecular weight is 771 g/mol. The fourth-order valence-corrected chi connectivity index (χ4v) is 11.6. The maximum Gasteiger partial charge on any atom is 0.160 e. The van der Waals surface area contributed by atoms with E-state index in [1.807, 2.05) is 11.3 Å². The van der Waals surface area contributed by atoms with E-state index in [-0.39, 0.29) is 5.41 Å². The van der Waals surface area contributed by atoms with Crippen LogP contribution < -0.4 is 0 Å². The zero-order chi connectivity index (χ0) is 39.3. The molecule has 0 atom stereocenters. The third-order valence-electron chi connectivity index (χ3n) is 13.0. The van der Waals surface area contributed by atoms with Crippen molar-refractivity contribution in [3.63, 3.8) is 0 Å². The van der Waals surface area contributed by atoms with Crippen molar-refractivity contribution in [1.29, 1.82) is 0 Å². The summed E-state index contributed by atoms with van der Waals surface area (Å²) in [7, 11) is 0. The fraction of sp³-hybridized carbons (Fsp3) is 0.0714. The van der Waals surface area contributed by atoms with Gasteiger partial charge in [-0.2, -0.15) is 0 Å². The molecule has 0 fully saturated rings. The molecule has 0 amide bonds. The molecule has 0 bridgehead atoms. The van der Waals surface area contributed by atoms with E-state index in [1.165, 1.54) is 75.8 Å². The largest absolute Gasteiger partial charge is 0.228 e. The lowest BCUT2D eigenvalue weighted by Crippen LogP contribution is -2.28. The van der Waals surface area contributed by atoms with E-state index in [0.29, 0.717) is 5.82 Å². The highest BCUT2D eigenvalue weighted by molar-refractivity contribution is 7.26. The summed E-state index contributed by atoms with van der Waals surface area (Å²) >= 11 is 1.84. The molecule has 278 valence electrons. The normalized spacial score (nSPS) is 14.2. The van der Waals surface area contributed by atoms with E-state index in [4.69, 9.17) is 9.97 Å².